The van der Waals surface area contributed by atoms with E-state index in [9.17, 15) is 4.79 Å². The molecule has 1 amide bonds. The molecule has 16 heavy (non-hydrogen) atoms. The van der Waals surface area contributed by atoms with Crippen LogP contribution in [0.1, 0.15) is 25.3 Å². The summed E-state index contributed by atoms with van der Waals surface area (Å²) in [5.74, 6) is 5.82. The van der Waals surface area contributed by atoms with E-state index in [0.29, 0.717) is 18.0 Å². The van der Waals surface area contributed by atoms with E-state index in [-0.39, 0.29) is 5.91 Å². The van der Waals surface area contributed by atoms with Crippen molar-refractivity contribution in [2.24, 2.45) is 0 Å². The molecule has 0 atom stereocenters. The number of hydrogen-bond acceptors (Lipinski definition) is 1. The highest BCUT2D eigenvalue weighted by molar-refractivity contribution is 6.31. The first kappa shape index (κ1) is 12.6. The number of rotatable bonds is 3. The minimum absolute atomic E-state index is 0.0379. The van der Waals surface area contributed by atoms with Crippen molar-refractivity contribution in [3.8, 4) is 11.8 Å². The second-order valence-corrected chi connectivity index (χ2v) is 3.72. The van der Waals surface area contributed by atoms with Gasteiger partial charge in [0, 0.05) is 12.0 Å². The fraction of sp³-hybridized carbons (Fsp3) is 0.308. The Morgan fingerprint density at radius 2 is 2.19 bits per heavy atom. The topological polar surface area (TPSA) is 29.1 Å². The first-order valence-corrected chi connectivity index (χ1v) is 5.62. The number of halogens is 1. The van der Waals surface area contributed by atoms with Gasteiger partial charge < -0.3 is 5.32 Å². The maximum absolute atomic E-state index is 11.1. The molecule has 0 heterocycles. The lowest BCUT2D eigenvalue weighted by Gasteiger charge is -1.97. The highest BCUT2D eigenvalue weighted by atomic mass is 35.5. The summed E-state index contributed by atoms with van der Waals surface area (Å²) in [5, 5.41) is 3.35. The number of nitrogens with one attached hydrogen (secondary N) is 1. The minimum Gasteiger partial charge on any atom is -0.345 e. The third-order valence-electron chi connectivity index (χ3n) is 1.95. The molecule has 0 aliphatic heterocycles. The molecule has 3 heteroatoms. The Morgan fingerprint density at radius 3 is 2.88 bits per heavy atom. The van der Waals surface area contributed by atoms with Gasteiger partial charge in [-0.1, -0.05) is 42.5 Å². The zero-order chi connectivity index (χ0) is 11.8. The molecule has 0 bridgehead atoms. The standard InChI is InChI=1S/C13H14ClNO/c1-2-6-13(16)15-10-5-8-11-7-3-4-9-12(11)14/h3-4,7,9H,2,6,10H2,1H3,(H,15,16). The Hall–Kier alpha value is -1.46. The van der Waals surface area contributed by atoms with Gasteiger partial charge in [0.25, 0.3) is 0 Å². The largest absolute Gasteiger partial charge is 0.345 e. The van der Waals surface area contributed by atoms with E-state index >= 15 is 0 Å². The predicted octanol–water partition coefficient (Wildman–Crippen LogP) is 2.61. The zero-order valence-electron chi connectivity index (χ0n) is 9.22. The van der Waals surface area contributed by atoms with Crippen molar-refractivity contribution in [1.29, 1.82) is 0 Å². The van der Waals surface area contributed by atoms with E-state index in [4.69, 9.17) is 11.6 Å². The van der Waals surface area contributed by atoms with E-state index in [0.717, 1.165) is 12.0 Å². The molecule has 0 aliphatic rings. The minimum atomic E-state index is 0.0379. The highest BCUT2D eigenvalue weighted by Gasteiger charge is 1.95. The molecule has 1 aromatic carbocycles. The smallest absolute Gasteiger partial charge is 0.220 e. The van der Waals surface area contributed by atoms with Gasteiger partial charge in [0.05, 0.1) is 11.6 Å². The van der Waals surface area contributed by atoms with Gasteiger partial charge in [-0.05, 0) is 18.6 Å². The first-order chi connectivity index (χ1) is 7.74. The SMILES string of the molecule is CCCC(=O)NCC#Cc1ccccc1Cl. The van der Waals surface area contributed by atoms with Crippen molar-refractivity contribution < 1.29 is 4.79 Å². The van der Waals surface area contributed by atoms with Crippen LogP contribution in [0.4, 0.5) is 0 Å². The summed E-state index contributed by atoms with van der Waals surface area (Å²) in [6, 6.07) is 7.38. The number of benzene rings is 1. The predicted molar refractivity (Wildman–Crippen MR) is 66.2 cm³/mol. The normalized spacial score (nSPS) is 9.12. The van der Waals surface area contributed by atoms with Crippen LogP contribution in [0.25, 0.3) is 0 Å². The third-order valence-corrected chi connectivity index (χ3v) is 2.28. The van der Waals surface area contributed by atoms with Crippen molar-refractivity contribution in [3.63, 3.8) is 0 Å². The van der Waals surface area contributed by atoms with Crippen LogP contribution in [0.5, 0.6) is 0 Å². The van der Waals surface area contributed by atoms with Gasteiger partial charge in [0.1, 0.15) is 0 Å². The molecular weight excluding hydrogens is 222 g/mol. The third kappa shape index (κ3) is 4.37. The van der Waals surface area contributed by atoms with Gasteiger partial charge in [-0.3, -0.25) is 4.79 Å². The average Bonchev–Trinajstić information content (AvgIpc) is 2.27. The molecule has 84 valence electrons. The lowest BCUT2D eigenvalue weighted by molar-refractivity contribution is -0.120. The second-order valence-electron chi connectivity index (χ2n) is 3.31. The van der Waals surface area contributed by atoms with Gasteiger partial charge in [0.15, 0.2) is 0 Å². The summed E-state index contributed by atoms with van der Waals surface area (Å²) < 4.78 is 0. The molecule has 0 unspecified atom stereocenters. The number of carbonyl (C=O) groups excluding carboxylic acids is 1. The van der Waals surface area contributed by atoms with Crippen molar-refractivity contribution >= 4 is 17.5 Å². The van der Waals surface area contributed by atoms with Crippen molar-refractivity contribution in [2.45, 2.75) is 19.8 Å². The summed E-state index contributed by atoms with van der Waals surface area (Å²) in [6.45, 7) is 2.33. The maximum Gasteiger partial charge on any atom is 0.220 e. The Bertz CT molecular complexity index is 417. The Kier molecular flexibility index (Phi) is 5.45. The van der Waals surface area contributed by atoms with Gasteiger partial charge >= 0.3 is 0 Å². The summed E-state index contributed by atoms with van der Waals surface area (Å²) in [4.78, 5) is 11.1. The Morgan fingerprint density at radius 1 is 1.44 bits per heavy atom. The molecule has 0 fully saturated rings. The van der Waals surface area contributed by atoms with Gasteiger partial charge in [-0.25, -0.2) is 0 Å². The first-order valence-electron chi connectivity index (χ1n) is 5.24. The van der Waals surface area contributed by atoms with E-state index in [1.165, 1.54) is 0 Å². The van der Waals surface area contributed by atoms with E-state index in [1.807, 2.05) is 25.1 Å². The molecule has 0 aromatic heterocycles. The fourth-order valence-electron chi connectivity index (χ4n) is 1.16. The lowest BCUT2D eigenvalue weighted by Crippen LogP contribution is -2.22. The molecule has 1 aromatic rings. The molecule has 0 radical (unpaired) electrons. The molecule has 0 saturated heterocycles. The monoisotopic (exact) mass is 235 g/mol. The van der Waals surface area contributed by atoms with Gasteiger partial charge in [0.2, 0.25) is 5.91 Å². The van der Waals surface area contributed by atoms with Crippen molar-refractivity contribution in [1.82, 2.24) is 5.32 Å². The molecule has 1 N–H and O–H groups in total. The van der Waals surface area contributed by atoms with Crippen LogP contribution >= 0.6 is 11.6 Å². The Balaban J connectivity index is 2.44. The van der Waals surface area contributed by atoms with Gasteiger partial charge in [-0.15, -0.1) is 0 Å². The average molecular weight is 236 g/mol. The van der Waals surface area contributed by atoms with Crippen molar-refractivity contribution in [2.75, 3.05) is 6.54 Å². The lowest BCUT2D eigenvalue weighted by atomic mass is 10.2. The summed E-state index contributed by atoms with van der Waals surface area (Å²) >= 11 is 5.93. The van der Waals surface area contributed by atoms with Crippen LogP contribution in [0.15, 0.2) is 24.3 Å². The molecule has 1 rings (SSSR count). The van der Waals surface area contributed by atoms with Crippen LogP contribution in [0, 0.1) is 11.8 Å². The summed E-state index contributed by atoms with van der Waals surface area (Å²) in [6.07, 6.45) is 1.40. The maximum atomic E-state index is 11.1. The highest BCUT2D eigenvalue weighted by Crippen LogP contribution is 2.12. The van der Waals surface area contributed by atoms with Crippen LogP contribution < -0.4 is 5.32 Å². The van der Waals surface area contributed by atoms with Gasteiger partial charge in [-0.2, -0.15) is 0 Å². The molecule has 0 saturated carbocycles. The fourth-order valence-corrected chi connectivity index (χ4v) is 1.34. The summed E-state index contributed by atoms with van der Waals surface area (Å²) in [7, 11) is 0. The number of amides is 1. The van der Waals surface area contributed by atoms with E-state index < -0.39 is 0 Å². The molecular formula is C13H14ClNO. The zero-order valence-corrected chi connectivity index (χ0v) is 9.97. The molecule has 0 aliphatic carbocycles. The quantitative estimate of drug-likeness (QED) is 0.802. The summed E-state index contributed by atoms with van der Waals surface area (Å²) in [5.41, 5.74) is 0.786. The number of hydrogen-bond donors (Lipinski definition) is 1. The second kappa shape index (κ2) is 6.92. The van der Waals surface area contributed by atoms with Crippen LogP contribution in [-0.4, -0.2) is 12.5 Å². The van der Waals surface area contributed by atoms with Crippen LogP contribution in [0.2, 0.25) is 5.02 Å². The van der Waals surface area contributed by atoms with E-state index in [2.05, 4.69) is 17.2 Å². The van der Waals surface area contributed by atoms with Crippen molar-refractivity contribution in [3.05, 3.63) is 34.9 Å². The molecule has 0 spiro atoms. The van der Waals surface area contributed by atoms with Crippen LogP contribution in [-0.2, 0) is 4.79 Å². The van der Waals surface area contributed by atoms with Crippen LogP contribution in [0.3, 0.4) is 0 Å². The molecule has 2 nitrogen and oxygen atoms in total. The Labute approximate surface area is 101 Å². The number of carbonyl (C=O) groups is 1. The van der Waals surface area contributed by atoms with E-state index in [1.54, 1.807) is 6.07 Å².